The van der Waals surface area contributed by atoms with Crippen molar-refractivity contribution in [1.82, 2.24) is 9.78 Å². The number of carbonyl (C=O) groups excluding carboxylic acids is 1. The smallest absolute Gasteiger partial charge is 0.226 e. The van der Waals surface area contributed by atoms with Crippen LogP contribution in [0.25, 0.3) is 0 Å². The molecule has 4 nitrogen and oxygen atoms in total. The van der Waals surface area contributed by atoms with E-state index in [1.54, 1.807) is 10.7 Å². The van der Waals surface area contributed by atoms with E-state index in [0.29, 0.717) is 11.4 Å². The van der Waals surface area contributed by atoms with Crippen LogP contribution in [0.2, 0.25) is 5.02 Å². The molecule has 1 heterocycles. The zero-order chi connectivity index (χ0) is 14.7. The van der Waals surface area contributed by atoms with E-state index in [1.807, 2.05) is 45.2 Å². The molecule has 0 saturated carbocycles. The second-order valence-electron chi connectivity index (χ2n) is 5.00. The average Bonchev–Trinajstić information content (AvgIpc) is 2.80. The summed E-state index contributed by atoms with van der Waals surface area (Å²) in [6.07, 6.45) is 2.25. The van der Waals surface area contributed by atoms with Gasteiger partial charge in [0, 0.05) is 23.3 Å². The molecule has 106 valence electrons. The first kappa shape index (κ1) is 14.6. The molecule has 5 heteroatoms. The highest BCUT2D eigenvalue weighted by atomic mass is 35.5. The number of amides is 1. The van der Waals surface area contributed by atoms with Gasteiger partial charge in [0.05, 0.1) is 11.7 Å². The lowest BCUT2D eigenvalue weighted by Gasteiger charge is -2.13. The number of aromatic nitrogens is 2. The molecular formula is C15H18ClN3O. The molecule has 1 amide bonds. The van der Waals surface area contributed by atoms with Crippen molar-refractivity contribution in [3.05, 3.63) is 46.7 Å². The van der Waals surface area contributed by atoms with Crippen molar-refractivity contribution < 1.29 is 4.79 Å². The predicted octanol–water partition coefficient (Wildman–Crippen LogP) is 3.74. The number of aryl methyl sites for hydroxylation is 2. The molecule has 1 atom stereocenters. The Morgan fingerprint density at radius 1 is 1.40 bits per heavy atom. The molecule has 0 aliphatic heterocycles. The van der Waals surface area contributed by atoms with Crippen LogP contribution in [0.1, 0.15) is 30.6 Å². The summed E-state index contributed by atoms with van der Waals surface area (Å²) in [4.78, 5) is 12.1. The Balaban J connectivity index is 2.00. The number of nitrogens with zero attached hydrogens (tertiary/aromatic N) is 2. The number of hydrogen-bond donors (Lipinski definition) is 1. The van der Waals surface area contributed by atoms with Gasteiger partial charge in [0.2, 0.25) is 5.91 Å². The van der Waals surface area contributed by atoms with Crippen LogP contribution in [0.5, 0.6) is 0 Å². The van der Waals surface area contributed by atoms with Gasteiger partial charge in [-0.15, -0.1) is 0 Å². The Bertz CT molecular complexity index is 621. The van der Waals surface area contributed by atoms with Gasteiger partial charge >= 0.3 is 0 Å². The number of benzene rings is 1. The Kier molecular flexibility index (Phi) is 4.45. The second-order valence-corrected chi connectivity index (χ2v) is 5.43. The Hall–Kier alpha value is -1.81. The van der Waals surface area contributed by atoms with E-state index in [9.17, 15) is 4.79 Å². The molecule has 1 N–H and O–H groups in total. The number of hydrogen-bond acceptors (Lipinski definition) is 2. The van der Waals surface area contributed by atoms with Crippen LogP contribution in [0.15, 0.2) is 30.5 Å². The lowest BCUT2D eigenvalue weighted by Crippen LogP contribution is -2.18. The number of anilines is 1. The van der Waals surface area contributed by atoms with Crippen molar-refractivity contribution >= 4 is 23.2 Å². The summed E-state index contributed by atoms with van der Waals surface area (Å²) >= 11 is 5.94. The third kappa shape index (κ3) is 3.61. The molecule has 2 aromatic rings. The van der Waals surface area contributed by atoms with Crippen LogP contribution >= 0.6 is 11.6 Å². The second kappa shape index (κ2) is 6.09. The molecule has 2 rings (SSSR count). The van der Waals surface area contributed by atoms with Gasteiger partial charge in [0.1, 0.15) is 0 Å². The molecule has 1 aromatic heterocycles. The number of carbonyl (C=O) groups is 1. The third-order valence-electron chi connectivity index (χ3n) is 3.15. The number of halogens is 1. The zero-order valence-electron chi connectivity index (χ0n) is 11.9. The maximum atomic E-state index is 12.1. The van der Waals surface area contributed by atoms with Crippen molar-refractivity contribution in [2.45, 2.75) is 33.2 Å². The summed E-state index contributed by atoms with van der Waals surface area (Å²) in [6.45, 7) is 5.84. The maximum Gasteiger partial charge on any atom is 0.226 e. The first-order chi connectivity index (χ1) is 9.45. The molecule has 0 fully saturated rings. The van der Waals surface area contributed by atoms with E-state index in [1.165, 1.54) is 0 Å². The van der Waals surface area contributed by atoms with Crippen LogP contribution in [-0.2, 0) is 4.79 Å². The maximum absolute atomic E-state index is 12.1. The highest BCUT2D eigenvalue weighted by Crippen LogP contribution is 2.21. The summed E-state index contributed by atoms with van der Waals surface area (Å²) in [5.74, 6) is -0.0454. The van der Waals surface area contributed by atoms with Crippen LogP contribution in [0.3, 0.4) is 0 Å². The van der Waals surface area contributed by atoms with E-state index in [2.05, 4.69) is 10.4 Å². The SMILES string of the molecule is Cc1ccn(C(C)CC(=O)Nc2cc(Cl)ccc2C)n1. The summed E-state index contributed by atoms with van der Waals surface area (Å²) in [6, 6.07) is 7.40. The molecule has 1 unspecified atom stereocenters. The molecule has 0 aliphatic rings. The topological polar surface area (TPSA) is 46.9 Å². The fraction of sp³-hybridized carbons (Fsp3) is 0.333. The summed E-state index contributed by atoms with van der Waals surface area (Å²) in [5, 5.41) is 7.82. The minimum Gasteiger partial charge on any atom is -0.326 e. The number of nitrogens with one attached hydrogen (secondary N) is 1. The quantitative estimate of drug-likeness (QED) is 0.933. The van der Waals surface area contributed by atoms with Crippen LogP contribution in [0.4, 0.5) is 5.69 Å². The Morgan fingerprint density at radius 3 is 2.80 bits per heavy atom. The van der Waals surface area contributed by atoms with Gasteiger partial charge in [-0.25, -0.2) is 0 Å². The highest BCUT2D eigenvalue weighted by Gasteiger charge is 2.12. The van der Waals surface area contributed by atoms with Crippen molar-refractivity contribution in [3.8, 4) is 0 Å². The van der Waals surface area contributed by atoms with E-state index in [-0.39, 0.29) is 11.9 Å². The first-order valence-electron chi connectivity index (χ1n) is 6.53. The third-order valence-corrected chi connectivity index (χ3v) is 3.38. The summed E-state index contributed by atoms with van der Waals surface area (Å²) in [7, 11) is 0. The zero-order valence-corrected chi connectivity index (χ0v) is 12.6. The summed E-state index contributed by atoms with van der Waals surface area (Å²) < 4.78 is 1.81. The monoisotopic (exact) mass is 291 g/mol. The van der Waals surface area contributed by atoms with E-state index >= 15 is 0 Å². The number of rotatable bonds is 4. The fourth-order valence-electron chi connectivity index (χ4n) is 1.97. The molecular weight excluding hydrogens is 274 g/mol. The van der Waals surface area contributed by atoms with Crippen LogP contribution in [-0.4, -0.2) is 15.7 Å². The summed E-state index contributed by atoms with van der Waals surface area (Å²) in [5.41, 5.74) is 2.69. The minimum absolute atomic E-state index is 0.0168. The van der Waals surface area contributed by atoms with Crippen LogP contribution in [0, 0.1) is 13.8 Å². The van der Waals surface area contributed by atoms with Gasteiger partial charge in [-0.05, 0) is 44.5 Å². The van der Waals surface area contributed by atoms with Gasteiger partial charge in [0.25, 0.3) is 0 Å². The minimum atomic E-state index is -0.0454. The Morgan fingerprint density at radius 2 is 2.15 bits per heavy atom. The largest absolute Gasteiger partial charge is 0.326 e. The van der Waals surface area contributed by atoms with Gasteiger partial charge < -0.3 is 5.32 Å². The van der Waals surface area contributed by atoms with Gasteiger partial charge in [-0.1, -0.05) is 17.7 Å². The van der Waals surface area contributed by atoms with Crippen molar-refractivity contribution in [1.29, 1.82) is 0 Å². The van der Waals surface area contributed by atoms with Gasteiger partial charge in [-0.3, -0.25) is 9.48 Å². The molecule has 0 aliphatic carbocycles. The van der Waals surface area contributed by atoms with Gasteiger partial charge in [-0.2, -0.15) is 5.10 Å². The first-order valence-corrected chi connectivity index (χ1v) is 6.91. The molecule has 0 spiro atoms. The Labute approximate surface area is 123 Å². The van der Waals surface area contributed by atoms with E-state index in [0.717, 1.165) is 16.9 Å². The normalized spacial score (nSPS) is 12.2. The lowest BCUT2D eigenvalue weighted by molar-refractivity contribution is -0.116. The fourth-order valence-corrected chi connectivity index (χ4v) is 2.14. The molecule has 20 heavy (non-hydrogen) atoms. The van der Waals surface area contributed by atoms with Crippen LogP contribution < -0.4 is 5.32 Å². The lowest BCUT2D eigenvalue weighted by atomic mass is 10.2. The van der Waals surface area contributed by atoms with Gasteiger partial charge in [0.15, 0.2) is 0 Å². The van der Waals surface area contributed by atoms with E-state index < -0.39 is 0 Å². The highest BCUT2D eigenvalue weighted by molar-refractivity contribution is 6.31. The average molecular weight is 292 g/mol. The van der Waals surface area contributed by atoms with Crippen molar-refractivity contribution in [2.24, 2.45) is 0 Å². The van der Waals surface area contributed by atoms with Crippen molar-refractivity contribution in [3.63, 3.8) is 0 Å². The standard InChI is InChI=1S/C15H18ClN3O/c1-10-4-5-13(16)9-14(10)17-15(20)8-12(3)19-7-6-11(2)18-19/h4-7,9,12H,8H2,1-3H3,(H,17,20). The molecule has 0 bridgehead atoms. The van der Waals surface area contributed by atoms with Crippen molar-refractivity contribution in [2.75, 3.05) is 5.32 Å². The molecule has 0 saturated heterocycles. The molecule has 0 radical (unpaired) electrons. The molecule has 1 aromatic carbocycles. The van der Waals surface area contributed by atoms with E-state index in [4.69, 9.17) is 11.6 Å². The predicted molar refractivity (Wildman–Crippen MR) is 81.1 cm³/mol.